The van der Waals surface area contributed by atoms with Gasteiger partial charge in [0.1, 0.15) is 0 Å². The van der Waals surface area contributed by atoms with E-state index in [1.165, 1.54) is 36.5 Å². The number of hydrogen-bond acceptors (Lipinski definition) is 3. The largest absolute Gasteiger partial charge is 0.347 e. The van der Waals surface area contributed by atoms with Gasteiger partial charge < -0.3 is 9.80 Å². The van der Waals surface area contributed by atoms with Crippen molar-refractivity contribution in [3.8, 4) is 0 Å². The number of benzene rings is 2. The number of carbonyl (C=O) groups is 1. The Hall–Kier alpha value is -2.59. The van der Waals surface area contributed by atoms with Crippen molar-refractivity contribution in [2.45, 2.75) is 58.4 Å². The van der Waals surface area contributed by atoms with Crippen LogP contribution in [0.3, 0.4) is 0 Å². The summed E-state index contributed by atoms with van der Waals surface area (Å²) in [7, 11) is 0. The minimum Gasteiger partial charge on any atom is -0.347 e. The molecule has 2 aromatic rings. The molecule has 1 saturated carbocycles. The topological polar surface area (TPSA) is 26.8 Å². The Kier molecular flexibility index (Phi) is 7.87. The highest BCUT2D eigenvalue weighted by atomic mass is 16.2. The first-order chi connectivity index (χ1) is 16.1. The first-order valence-corrected chi connectivity index (χ1v) is 12.7. The summed E-state index contributed by atoms with van der Waals surface area (Å²) < 4.78 is 0. The minimum absolute atomic E-state index is 0.160. The standard InChI is InChI=1S/C29H39N3O/c1-4-5-17-32(24(3)27-16-10-12-25-11-6-9-15-28(25)27)22-23(2)29(33)31-20-18-30(19-21-31)26-13-7-8-14-26/h6,9-12,15-16,22,26H,3-5,7-8,13-14,17-21H2,1-2H3/b23-22+. The fraction of sp³-hybridized carbons (Fsp3) is 0.483. The molecule has 4 heteroatoms. The molecule has 0 spiro atoms. The summed E-state index contributed by atoms with van der Waals surface area (Å²) >= 11 is 0. The van der Waals surface area contributed by atoms with E-state index in [2.05, 4.69) is 65.8 Å². The average Bonchev–Trinajstić information content (AvgIpc) is 3.40. The summed E-state index contributed by atoms with van der Waals surface area (Å²) in [5, 5.41) is 2.41. The van der Waals surface area contributed by atoms with E-state index in [0.717, 1.165) is 68.4 Å². The van der Waals surface area contributed by atoms with Crippen LogP contribution >= 0.6 is 0 Å². The monoisotopic (exact) mass is 445 g/mol. The molecule has 4 nitrogen and oxygen atoms in total. The van der Waals surface area contributed by atoms with Crippen LogP contribution in [-0.4, -0.2) is 59.4 Å². The summed E-state index contributed by atoms with van der Waals surface area (Å²) in [6, 6.07) is 15.5. The molecule has 176 valence electrons. The van der Waals surface area contributed by atoms with Crippen LogP contribution in [0.1, 0.15) is 57.9 Å². The number of unbranched alkanes of at least 4 members (excludes halogenated alkanes) is 1. The van der Waals surface area contributed by atoms with Crippen molar-refractivity contribution in [1.29, 1.82) is 0 Å². The van der Waals surface area contributed by atoms with Crippen LogP contribution < -0.4 is 0 Å². The Morgan fingerprint density at radius 1 is 1.06 bits per heavy atom. The summed E-state index contributed by atoms with van der Waals surface area (Å²) in [6.07, 6.45) is 9.57. The quantitative estimate of drug-likeness (QED) is 0.473. The normalized spacial score (nSPS) is 18.1. The average molecular weight is 446 g/mol. The molecule has 1 heterocycles. The predicted octanol–water partition coefficient (Wildman–Crippen LogP) is 5.90. The SMILES string of the molecule is C=C(c1cccc2ccccc12)N(/C=C(\C)C(=O)N1CCN(C2CCCC2)CC1)CCCC. The molecule has 2 aliphatic rings. The number of nitrogens with zero attached hydrogens (tertiary/aromatic N) is 3. The van der Waals surface area contributed by atoms with Gasteiger partial charge in [-0.25, -0.2) is 0 Å². The molecule has 1 amide bonds. The molecule has 4 rings (SSSR count). The van der Waals surface area contributed by atoms with Gasteiger partial charge in [-0.05, 0) is 37.0 Å². The molecule has 0 bridgehead atoms. The molecule has 0 atom stereocenters. The van der Waals surface area contributed by atoms with Crippen LogP contribution in [-0.2, 0) is 4.79 Å². The Morgan fingerprint density at radius 2 is 1.76 bits per heavy atom. The van der Waals surface area contributed by atoms with E-state index in [4.69, 9.17) is 0 Å². The lowest BCUT2D eigenvalue weighted by molar-refractivity contribution is -0.129. The highest BCUT2D eigenvalue weighted by Crippen LogP contribution is 2.28. The van der Waals surface area contributed by atoms with Gasteiger partial charge in [0.25, 0.3) is 5.91 Å². The van der Waals surface area contributed by atoms with Gasteiger partial charge in [0.05, 0.1) is 0 Å². The molecule has 1 saturated heterocycles. The number of rotatable bonds is 8. The van der Waals surface area contributed by atoms with Crippen LogP contribution in [0.5, 0.6) is 0 Å². The van der Waals surface area contributed by atoms with Crippen LogP contribution in [0.4, 0.5) is 0 Å². The van der Waals surface area contributed by atoms with E-state index in [9.17, 15) is 4.79 Å². The lowest BCUT2D eigenvalue weighted by Crippen LogP contribution is -2.51. The van der Waals surface area contributed by atoms with Crippen molar-refractivity contribution in [2.75, 3.05) is 32.7 Å². The van der Waals surface area contributed by atoms with Crippen LogP contribution in [0.2, 0.25) is 0 Å². The van der Waals surface area contributed by atoms with Gasteiger partial charge in [0.2, 0.25) is 0 Å². The zero-order valence-corrected chi connectivity index (χ0v) is 20.4. The number of fused-ring (bicyclic) bond motifs is 1. The van der Waals surface area contributed by atoms with Crippen molar-refractivity contribution in [1.82, 2.24) is 14.7 Å². The predicted molar refractivity (Wildman–Crippen MR) is 139 cm³/mol. The second-order valence-electron chi connectivity index (χ2n) is 9.60. The van der Waals surface area contributed by atoms with Gasteiger partial charge in [-0.15, -0.1) is 0 Å². The van der Waals surface area contributed by atoms with Crippen molar-refractivity contribution >= 4 is 22.4 Å². The zero-order valence-electron chi connectivity index (χ0n) is 20.4. The van der Waals surface area contributed by atoms with E-state index in [1.54, 1.807) is 0 Å². The Labute approximate surface area is 199 Å². The molecule has 0 radical (unpaired) electrons. The maximum atomic E-state index is 13.3. The fourth-order valence-electron chi connectivity index (χ4n) is 5.34. The number of carbonyl (C=O) groups excluding carboxylic acids is 1. The lowest BCUT2D eigenvalue weighted by Gasteiger charge is -2.38. The number of hydrogen-bond donors (Lipinski definition) is 0. The summed E-state index contributed by atoms with van der Waals surface area (Å²) in [6.45, 7) is 13.2. The molecular weight excluding hydrogens is 406 g/mol. The molecular formula is C29H39N3O. The Balaban J connectivity index is 1.48. The van der Waals surface area contributed by atoms with Crippen molar-refractivity contribution in [3.63, 3.8) is 0 Å². The third-order valence-corrected chi connectivity index (χ3v) is 7.33. The van der Waals surface area contributed by atoms with E-state index in [-0.39, 0.29) is 5.91 Å². The van der Waals surface area contributed by atoms with Crippen molar-refractivity contribution < 1.29 is 4.79 Å². The third-order valence-electron chi connectivity index (χ3n) is 7.33. The van der Waals surface area contributed by atoms with E-state index < -0.39 is 0 Å². The smallest absolute Gasteiger partial charge is 0.251 e. The van der Waals surface area contributed by atoms with Crippen LogP contribution in [0.15, 0.2) is 60.8 Å². The zero-order chi connectivity index (χ0) is 23.2. The minimum atomic E-state index is 0.160. The van der Waals surface area contributed by atoms with Gasteiger partial charge in [-0.1, -0.05) is 75.2 Å². The van der Waals surface area contributed by atoms with Crippen molar-refractivity contribution in [3.05, 3.63) is 66.4 Å². The highest BCUT2D eigenvalue weighted by Gasteiger charge is 2.28. The second kappa shape index (κ2) is 11.0. The summed E-state index contributed by atoms with van der Waals surface area (Å²) in [5.41, 5.74) is 2.88. The number of amides is 1. The van der Waals surface area contributed by atoms with Crippen LogP contribution in [0, 0.1) is 0 Å². The highest BCUT2D eigenvalue weighted by molar-refractivity contribution is 5.95. The number of piperazine rings is 1. The van der Waals surface area contributed by atoms with E-state index in [0.29, 0.717) is 0 Å². The molecule has 2 fully saturated rings. The van der Waals surface area contributed by atoms with Crippen LogP contribution in [0.25, 0.3) is 16.5 Å². The molecule has 2 aromatic carbocycles. The first-order valence-electron chi connectivity index (χ1n) is 12.7. The molecule has 0 unspecified atom stereocenters. The maximum absolute atomic E-state index is 13.3. The summed E-state index contributed by atoms with van der Waals surface area (Å²) in [5.74, 6) is 0.160. The van der Waals surface area contributed by atoms with Gasteiger partial charge in [-0.2, -0.15) is 0 Å². The first kappa shape index (κ1) is 23.6. The lowest BCUT2D eigenvalue weighted by atomic mass is 10.0. The fourth-order valence-corrected chi connectivity index (χ4v) is 5.34. The second-order valence-corrected chi connectivity index (χ2v) is 9.60. The Bertz CT molecular complexity index is 992. The van der Waals surface area contributed by atoms with Gasteiger partial charge in [0, 0.05) is 61.8 Å². The molecule has 0 aromatic heterocycles. The van der Waals surface area contributed by atoms with Gasteiger partial charge in [0.15, 0.2) is 0 Å². The maximum Gasteiger partial charge on any atom is 0.251 e. The van der Waals surface area contributed by atoms with E-state index in [1.807, 2.05) is 18.0 Å². The van der Waals surface area contributed by atoms with E-state index >= 15 is 0 Å². The van der Waals surface area contributed by atoms with Gasteiger partial charge >= 0.3 is 0 Å². The molecule has 33 heavy (non-hydrogen) atoms. The molecule has 0 N–H and O–H groups in total. The summed E-state index contributed by atoms with van der Waals surface area (Å²) in [4.78, 5) is 20.1. The van der Waals surface area contributed by atoms with Crippen molar-refractivity contribution in [2.24, 2.45) is 0 Å². The molecule has 1 aliphatic heterocycles. The molecule has 1 aliphatic carbocycles. The Morgan fingerprint density at radius 3 is 2.48 bits per heavy atom. The van der Waals surface area contributed by atoms with Gasteiger partial charge in [-0.3, -0.25) is 9.69 Å². The third kappa shape index (κ3) is 5.50.